The van der Waals surface area contributed by atoms with Crippen molar-refractivity contribution in [2.24, 2.45) is 0 Å². The van der Waals surface area contributed by atoms with E-state index in [1.807, 2.05) is 31.2 Å². The second-order valence-electron chi connectivity index (χ2n) is 4.40. The van der Waals surface area contributed by atoms with Crippen molar-refractivity contribution in [3.8, 4) is 0 Å². The van der Waals surface area contributed by atoms with Gasteiger partial charge in [-0.15, -0.1) is 0 Å². The van der Waals surface area contributed by atoms with Gasteiger partial charge in [-0.3, -0.25) is 0 Å². The molecule has 0 radical (unpaired) electrons. The van der Waals surface area contributed by atoms with Crippen LogP contribution >= 0.6 is 31.9 Å². The highest BCUT2D eigenvalue weighted by Gasteiger charge is 2.15. The summed E-state index contributed by atoms with van der Waals surface area (Å²) in [5.74, 6) is -1.20. The van der Waals surface area contributed by atoms with Gasteiger partial charge >= 0.3 is 0 Å². The first-order valence-electron chi connectivity index (χ1n) is 6.17. The van der Waals surface area contributed by atoms with Gasteiger partial charge in [0.25, 0.3) is 0 Å². The smallest absolute Gasteiger partial charge is 0.150 e. The maximum atomic E-state index is 13.8. The molecule has 20 heavy (non-hydrogen) atoms. The molecule has 2 aromatic rings. The molecule has 0 aliphatic carbocycles. The van der Waals surface area contributed by atoms with E-state index in [0.717, 1.165) is 22.5 Å². The van der Waals surface area contributed by atoms with Crippen molar-refractivity contribution in [2.45, 2.75) is 19.4 Å². The lowest BCUT2D eigenvalue weighted by atomic mass is 10.0. The summed E-state index contributed by atoms with van der Waals surface area (Å²) in [6.07, 6.45) is 0.783. The van der Waals surface area contributed by atoms with Gasteiger partial charge in [0.1, 0.15) is 11.6 Å². The van der Waals surface area contributed by atoms with Crippen molar-refractivity contribution >= 4 is 37.5 Å². The third-order valence-electron chi connectivity index (χ3n) is 3.01. The van der Waals surface area contributed by atoms with E-state index in [2.05, 4.69) is 37.2 Å². The first-order valence-corrected chi connectivity index (χ1v) is 7.76. The predicted molar refractivity (Wildman–Crippen MR) is 84.9 cm³/mol. The summed E-state index contributed by atoms with van der Waals surface area (Å²) >= 11 is 6.57. The molecule has 0 aliphatic heterocycles. The molecule has 0 saturated heterocycles. The lowest BCUT2D eigenvalue weighted by Gasteiger charge is -2.20. The van der Waals surface area contributed by atoms with Crippen molar-refractivity contribution in [1.82, 2.24) is 0 Å². The van der Waals surface area contributed by atoms with Gasteiger partial charge in [-0.2, -0.15) is 0 Å². The molecule has 1 unspecified atom stereocenters. The van der Waals surface area contributed by atoms with Crippen LogP contribution in [0.2, 0.25) is 0 Å². The molecule has 2 aromatic carbocycles. The van der Waals surface area contributed by atoms with Gasteiger partial charge in [0, 0.05) is 15.0 Å². The molecule has 0 aliphatic rings. The Bertz CT molecular complexity index is 576. The van der Waals surface area contributed by atoms with Crippen molar-refractivity contribution in [1.29, 1.82) is 0 Å². The van der Waals surface area contributed by atoms with Crippen LogP contribution in [0.5, 0.6) is 0 Å². The van der Waals surface area contributed by atoms with Gasteiger partial charge in [0.2, 0.25) is 0 Å². The predicted octanol–water partition coefficient (Wildman–Crippen LogP) is 6.05. The molecular formula is C15H13Br2F2N. The molecule has 106 valence electrons. The molecule has 1 nitrogen and oxygen atoms in total. The highest BCUT2D eigenvalue weighted by molar-refractivity contribution is 9.10. The molecular weight excluding hydrogens is 392 g/mol. The van der Waals surface area contributed by atoms with Crippen LogP contribution in [0.25, 0.3) is 0 Å². The van der Waals surface area contributed by atoms with E-state index >= 15 is 0 Å². The number of hydrogen-bond donors (Lipinski definition) is 1. The minimum Gasteiger partial charge on any atom is -0.375 e. The Morgan fingerprint density at radius 2 is 1.75 bits per heavy atom. The molecule has 1 atom stereocenters. The lowest BCUT2D eigenvalue weighted by Crippen LogP contribution is -2.11. The third kappa shape index (κ3) is 3.58. The first-order chi connectivity index (χ1) is 9.51. The van der Waals surface area contributed by atoms with Crippen LogP contribution in [0.4, 0.5) is 14.5 Å². The van der Waals surface area contributed by atoms with Crippen LogP contribution in [-0.2, 0) is 0 Å². The van der Waals surface area contributed by atoms with Crippen molar-refractivity contribution in [3.63, 3.8) is 0 Å². The van der Waals surface area contributed by atoms with Crippen LogP contribution < -0.4 is 5.32 Å². The van der Waals surface area contributed by atoms with Crippen molar-refractivity contribution in [2.75, 3.05) is 5.32 Å². The Hall–Kier alpha value is -0.940. The Morgan fingerprint density at radius 3 is 2.30 bits per heavy atom. The highest BCUT2D eigenvalue weighted by Crippen LogP contribution is 2.31. The normalized spacial score (nSPS) is 12.2. The second kappa shape index (κ2) is 6.68. The summed E-state index contributed by atoms with van der Waals surface area (Å²) in [6.45, 7) is 2.01. The van der Waals surface area contributed by atoms with Gasteiger partial charge in [0.15, 0.2) is 0 Å². The van der Waals surface area contributed by atoms with Gasteiger partial charge < -0.3 is 5.32 Å². The molecule has 2 rings (SSSR count). The van der Waals surface area contributed by atoms with Gasteiger partial charge in [0.05, 0.1) is 11.7 Å². The monoisotopic (exact) mass is 403 g/mol. The zero-order valence-electron chi connectivity index (χ0n) is 10.8. The number of rotatable bonds is 4. The highest BCUT2D eigenvalue weighted by atomic mass is 79.9. The molecule has 0 bridgehead atoms. The van der Waals surface area contributed by atoms with Crippen molar-refractivity contribution < 1.29 is 8.78 Å². The minimum absolute atomic E-state index is 0.0423. The Balaban J connectivity index is 2.29. The molecule has 1 N–H and O–H groups in total. The van der Waals surface area contributed by atoms with Crippen LogP contribution in [0, 0.1) is 11.6 Å². The summed E-state index contributed by atoms with van der Waals surface area (Å²) in [7, 11) is 0. The molecule has 0 amide bonds. The molecule has 0 heterocycles. The number of anilines is 1. The first kappa shape index (κ1) is 15.4. The standard InChI is InChI=1S/C15H13Br2F2N/c1-2-14(9-3-5-10(16)6-4-9)20-15-12(17)7-11(18)8-13(15)19/h3-8,14,20H,2H2,1H3. The topological polar surface area (TPSA) is 12.0 Å². The second-order valence-corrected chi connectivity index (χ2v) is 6.17. The largest absolute Gasteiger partial charge is 0.375 e. The summed E-state index contributed by atoms with van der Waals surface area (Å²) in [6, 6.07) is 9.91. The van der Waals surface area contributed by atoms with E-state index in [9.17, 15) is 8.78 Å². The van der Waals surface area contributed by atoms with E-state index < -0.39 is 11.6 Å². The van der Waals surface area contributed by atoms with E-state index in [1.54, 1.807) is 0 Å². The molecule has 0 spiro atoms. The van der Waals surface area contributed by atoms with E-state index in [4.69, 9.17) is 0 Å². The summed E-state index contributed by atoms with van der Waals surface area (Å²) in [5.41, 5.74) is 1.33. The quantitative estimate of drug-likeness (QED) is 0.653. The van der Waals surface area contributed by atoms with Gasteiger partial charge in [-0.25, -0.2) is 8.78 Å². The molecule has 5 heteroatoms. The van der Waals surface area contributed by atoms with E-state index in [0.29, 0.717) is 4.47 Å². The third-order valence-corrected chi connectivity index (χ3v) is 4.16. The number of benzene rings is 2. The van der Waals surface area contributed by atoms with Gasteiger partial charge in [-0.1, -0.05) is 35.0 Å². The fourth-order valence-corrected chi connectivity index (χ4v) is 2.76. The zero-order valence-corrected chi connectivity index (χ0v) is 13.9. The van der Waals surface area contributed by atoms with Crippen LogP contribution in [0.3, 0.4) is 0 Å². The SMILES string of the molecule is CCC(Nc1c(F)cc(F)cc1Br)c1ccc(Br)cc1. The lowest BCUT2D eigenvalue weighted by molar-refractivity contribution is 0.581. The Kier molecular flexibility index (Phi) is 5.16. The molecule has 0 fully saturated rings. The van der Waals surface area contributed by atoms with E-state index in [1.165, 1.54) is 6.07 Å². The van der Waals surface area contributed by atoms with Gasteiger partial charge in [-0.05, 0) is 46.1 Å². The summed E-state index contributed by atoms with van der Waals surface area (Å²) < 4.78 is 28.3. The fourth-order valence-electron chi connectivity index (χ4n) is 1.97. The van der Waals surface area contributed by atoms with Crippen molar-refractivity contribution in [3.05, 3.63) is 62.5 Å². The Morgan fingerprint density at radius 1 is 1.10 bits per heavy atom. The fraction of sp³-hybridized carbons (Fsp3) is 0.200. The van der Waals surface area contributed by atoms with Crippen LogP contribution in [-0.4, -0.2) is 0 Å². The van der Waals surface area contributed by atoms with Crippen LogP contribution in [0.15, 0.2) is 45.3 Å². The van der Waals surface area contributed by atoms with E-state index in [-0.39, 0.29) is 11.7 Å². The summed E-state index contributed by atoms with van der Waals surface area (Å²) in [5, 5.41) is 3.12. The number of halogens is 4. The zero-order chi connectivity index (χ0) is 14.7. The minimum atomic E-state index is -0.604. The maximum absolute atomic E-state index is 13.8. The average molecular weight is 405 g/mol. The summed E-state index contributed by atoms with van der Waals surface area (Å²) in [4.78, 5) is 0. The van der Waals surface area contributed by atoms with Crippen LogP contribution in [0.1, 0.15) is 24.9 Å². The number of hydrogen-bond acceptors (Lipinski definition) is 1. The molecule has 0 aromatic heterocycles. The maximum Gasteiger partial charge on any atom is 0.150 e. The molecule has 0 saturated carbocycles. The Labute approximate surface area is 133 Å². The number of nitrogens with one attached hydrogen (secondary N) is 1. The average Bonchev–Trinajstić information content (AvgIpc) is 2.39.